The number of carbonyl (C=O) groups is 4. The van der Waals surface area contributed by atoms with Gasteiger partial charge in [-0.3, -0.25) is 19.2 Å². The van der Waals surface area contributed by atoms with E-state index in [2.05, 4.69) is 5.32 Å². The summed E-state index contributed by atoms with van der Waals surface area (Å²) in [6, 6.07) is 10.4. The second-order valence-electron chi connectivity index (χ2n) is 9.95. The largest absolute Gasteiger partial charge is 0.511 e. The maximum absolute atomic E-state index is 13.5. The van der Waals surface area contributed by atoms with Gasteiger partial charge in [0.1, 0.15) is 22.8 Å². The van der Waals surface area contributed by atoms with Gasteiger partial charge >= 0.3 is 0 Å². The van der Waals surface area contributed by atoms with Crippen LogP contribution < -0.4 is 11.1 Å². The summed E-state index contributed by atoms with van der Waals surface area (Å²) >= 11 is 0. The molecule has 0 bridgehead atoms. The lowest BCUT2D eigenvalue weighted by Crippen LogP contribution is -2.43. The molecule has 3 unspecified atom stereocenters. The topological polar surface area (TPSA) is 167 Å². The average molecular weight is 503 g/mol. The lowest BCUT2D eigenvalue weighted by molar-refractivity contribution is -0.126. The third kappa shape index (κ3) is 4.06. The molecule has 37 heavy (non-hydrogen) atoms. The number of aromatic hydroxyl groups is 1. The van der Waals surface area contributed by atoms with Crippen LogP contribution in [-0.2, 0) is 27.2 Å². The van der Waals surface area contributed by atoms with Crippen molar-refractivity contribution in [3.8, 4) is 5.75 Å². The van der Waals surface area contributed by atoms with Gasteiger partial charge in [-0.2, -0.15) is 0 Å². The van der Waals surface area contributed by atoms with E-state index in [0.29, 0.717) is 11.3 Å². The zero-order valence-electron chi connectivity index (χ0n) is 20.1. The predicted octanol–water partition coefficient (Wildman–Crippen LogP) is 2.96. The number of fused-ring (bicyclic) bond motifs is 3. The molecule has 9 heteroatoms. The van der Waals surface area contributed by atoms with Gasteiger partial charge in [-0.15, -0.1) is 0 Å². The number of Topliss-reactive ketones (excluding diaryl/α,β-unsaturated/α-hetero) is 2. The number of allylic oxidation sites excluding steroid dienone is 3. The van der Waals surface area contributed by atoms with Crippen molar-refractivity contribution in [3.63, 3.8) is 0 Å². The van der Waals surface area contributed by atoms with Gasteiger partial charge in [-0.25, -0.2) is 0 Å². The van der Waals surface area contributed by atoms with Crippen molar-refractivity contribution in [2.24, 2.45) is 23.5 Å². The highest BCUT2D eigenvalue weighted by Gasteiger charge is 2.50. The van der Waals surface area contributed by atoms with Crippen molar-refractivity contribution in [1.29, 1.82) is 0 Å². The third-order valence-electron chi connectivity index (χ3n) is 7.53. The van der Waals surface area contributed by atoms with Gasteiger partial charge in [0.05, 0.1) is 17.9 Å². The summed E-state index contributed by atoms with van der Waals surface area (Å²) < 4.78 is 0. The average Bonchev–Trinajstić information content (AvgIpc) is 2.81. The smallest absolute Gasteiger partial charge is 0.255 e. The van der Waals surface area contributed by atoms with Gasteiger partial charge in [-0.1, -0.05) is 29.8 Å². The van der Waals surface area contributed by atoms with Crippen molar-refractivity contribution < 1.29 is 34.5 Å². The molecule has 3 aliphatic rings. The summed E-state index contributed by atoms with van der Waals surface area (Å²) in [7, 11) is 0. The highest BCUT2D eigenvalue weighted by atomic mass is 16.3. The van der Waals surface area contributed by atoms with Gasteiger partial charge in [0.2, 0.25) is 5.91 Å². The molecule has 0 aromatic heterocycles. The second kappa shape index (κ2) is 8.92. The summed E-state index contributed by atoms with van der Waals surface area (Å²) in [4.78, 5) is 51.0. The molecule has 3 aliphatic carbocycles. The van der Waals surface area contributed by atoms with Gasteiger partial charge in [0.15, 0.2) is 11.6 Å². The first-order chi connectivity index (χ1) is 17.6. The van der Waals surface area contributed by atoms with Crippen molar-refractivity contribution >= 4 is 29.1 Å². The molecule has 2 aromatic rings. The lowest BCUT2D eigenvalue weighted by Gasteiger charge is -2.41. The Balaban J connectivity index is 1.49. The number of aryl methyl sites for hydroxylation is 1. The number of carbonyl (C=O) groups excluding carboxylic acids is 4. The quantitative estimate of drug-likeness (QED) is 0.316. The molecule has 3 atom stereocenters. The Bertz CT molecular complexity index is 1440. The molecule has 190 valence electrons. The normalized spacial score (nSPS) is 22.8. The lowest BCUT2D eigenvalue weighted by atomic mass is 9.62. The van der Waals surface area contributed by atoms with E-state index in [4.69, 9.17) is 5.73 Å². The molecule has 9 nitrogen and oxygen atoms in total. The number of phenolic OH excluding ortho intramolecular Hbond substituents is 1. The maximum atomic E-state index is 13.5. The van der Waals surface area contributed by atoms with Crippen LogP contribution in [0.25, 0.3) is 0 Å². The SMILES string of the molecule is Cc1ccc(CC(=O)Nc2ccc(O)c3c2CC2CC4CC(O)=C(C(N)=O)C(=O)C4C(O)=C2C3=O)cc1. The molecule has 0 fully saturated rings. The maximum Gasteiger partial charge on any atom is 0.255 e. The Morgan fingerprint density at radius 1 is 1.03 bits per heavy atom. The molecule has 5 rings (SSSR count). The number of rotatable bonds is 4. The van der Waals surface area contributed by atoms with Crippen molar-refractivity contribution in [2.45, 2.75) is 32.6 Å². The fourth-order valence-electron chi connectivity index (χ4n) is 5.84. The van der Waals surface area contributed by atoms with Crippen LogP contribution in [0.15, 0.2) is 59.1 Å². The molecule has 0 spiro atoms. The fourth-order valence-corrected chi connectivity index (χ4v) is 5.84. The molecule has 0 aliphatic heterocycles. The number of phenols is 1. The number of primary amides is 1. The summed E-state index contributed by atoms with van der Waals surface area (Å²) in [6.45, 7) is 1.95. The Kier molecular flexibility index (Phi) is 5.86. The minimum absolute atomic E-state index is 0.00532. The third-order valence-corrected chi connectivity index (χ3v) is 7.53. The fraction of sp³-hybridized carbons (Fsp3) is 0.286. The van der Waals surface area contributed by atoms with E-state index in [1.807, 2.05) is 31.2 Å². The molecule has 0 radical (unpaired) electrons. The van der Waals surface area contributed by atoms with E-state index in [-0.39, 0.29) is 48.5 Å². The minimum Gasteiger partial charge on any atom is -0.511 e. The number of hydrogen-bond acceptors (Lipinski definition) is 7. The molecule has 0 saturated heterocycles. The number of hydrogen-bond donors (Lipinski definition) is 5. The number of anilines is 1. The van der Waals surface area contributed by atoms with Crippen LogP contribution >= 0.6 is 0 Å². The van der Waals surface area contributed by atoms with Crippen LogP contribution in [0, 0.1) is 24.7 Å². The first kappa shape index (κ1) is 24.3. The van der Waals surface area contributed by atoms with Crippen LogP contribution in [-0.4, -0.2) is 38.7 Å². The number of amides is 2. The zero-order valence-corrected chi connectivity index (χ0v) is 20.1. The number of benzene rings is 2. The molecule has 0 saturated carbocycles. The first-order valence-corrected chi connectivity index (χ1v) is 12.0. The van der Waals surface area contributed by atoms with E-state index >= 15 is 0 Å². The van der Waals surface area contributed by atoms with Gasteiger partial charge < -0.3 is 26.4 Å². The minimum atomic E-state index is -1.17. The standard InChI is InChI=1S/C28H26N2O7/c1-12-2-4-13(5-3-12)8-20(33)30-17-6-7-18(31)23-16(17)10-14-9-15-11-19(32)24(28(29)37)27(36)22(15)25(34)21(14)26(23)35/h2-7,14-15,22,31-32,34H,8-11H2,1H3,(H2,29,37)(H,30,33). The molecular weight excluding hydrogens is 476 g/mol. The van der Waals surface area contributed by atoms with Crippen LogP contribution in [0.2, 0.25) is 0 Å². The van der Waals surface area contributed by atoms with E-state index in [1.54, 1.807) is 0 Å². The van der Waals surface area contributed by atoms with Crippen LogP contribution in [0.4, 0.5) is 5.69 Å². The summed E-state index contributed by atoms with van der Waals surface area (Å²) in [5.74, 6) is -6.22. The van der Waals surface area contributed by atoms with E-state index in [1.165, 1.54) is 12.1 Å². The number of nitrogens with two attached hydrogens (primary N) is 1. The van der Waals surface area contributed by atoms with Crippen molar-refractivity contribution in [2.75, 3.05) is 5.32 Å². The van der Waals surface area contributed by atoms with E-state index in [0.717, 1.165) is 11.1 Å². The molecule has 6 N–H and O–H groups in total. The van der Waals surface area contributed by atoms with E-state index in [9.17, 15) is 34.5 Å². The van der Waals surface area contributed by atoms with Crippen LogP contribution in [0.1, 0.15) is 39.9 Å². The molecular formula is C28H26N2O7. The van der Waals surface area contributed by atoms with Crippen LogP contribution in [0.3, 0.4) is 0 Å². The van der Waals surface area contributed by atoms with Crippen LogP contribution in [0.5, 0.6) is 5.75 Å². The summed E-state index contributed by atoms with van der Waals surface area (Å²) in [5, 5.41) is 34.7. The first-order valence-electron chi connectivity index (χ1n) is 12.0. The van der Waals surface area contributed by atoms with Crippen molar-refractivity contribution in [1.82, 2.24) is 0 Å². The monoisotopic (exact) mass is 502 g/mol. The Morgan fingerprint density at radius 2 is 1.73 bits per heavy atom. The number of ketones is 2. The number of aliphatic hydroxyl groups is 2. The zero-order chi connectivity index (χ0) is 26.6. The van der Waals surface area contributed by atoms with Crippen molar-refractivity contribution in [3.05, 3.63) is 81.3 Å². The van der Waals surface area contributed by atoms with Gasteiger partial charge in [-0.05, 0) is 54.9 Å². The Hall–Kier alpha value is -4.40. The van der Waals surface area contributed by atoms with Gasteiger partial charge in [0, 0.05) is 17.7 Å². The van der Waals surface area contributed by atoms with Gasteiger partial charge in [0.25, 0.3) is 5.91 Å². The predicted molar refractivity (Wildman–Crippen MR) is 133 cm³/mol. The highest BCUT2D eigenvalue weighted by molar-refractivity contribution is 6.22. The summed E-state index contributed by atoms with van der Waals surface area (Å²) in [5.41, 5.74) is 7.40. The number of aliphatic hydroxyl groups excluding tert-OH is 2. The molecule has 2 amide bonds. The second-order valence-corrected chi connectivity index (χ2v) is 9.95. The molecule has 0 heterocycles. The van der Waals surface area contributed by atoms with E-state index < -0.39 is 52.3 Å². The highest BCUT2D eigenvalue weighted by Crippen LogP contribution is 2.50. The Labute approximate surface area is 212 Å². The Morgan fingerprint density at radius 3 is 2.41 bits per heavy atom. The summed E-state index contributed by atoms with van der Waals surface area (Å²) in [6.07, 6.45) is 0.589. The molecule has 2 aromatic carbocycles. The number of nitrogens with one attached hydrogen (secondary N) is 1.